The predicted octanol–water partition coefficient (Wildman–Crippen LogP) is -3.66. The van der Waals surface area contributed by atoms with E-state index in [1.165, 1.54) is 0 Å². The second kappa shape index (κ2) is 11.5. The molecule has 18 heavy (non-hydrogen) atoms. The number of aliphatic hydroxyl groups is 6. The largest absolute Gasteiger partial charge is 0.394 e. The van der Waals surface area contributed by atoms with Crippen LogP contribution in [0.15, 0.2) is 0 Å². The minimum absolute atomic E-state index is 0.0258. The maximum atomic E-state index is 9.90. The average molecular weight is 269 g/mol. The maximum absolute atomic E-state index is 9.90. The molecule has 0 saturated heterocycles. The maximum Gasteiger partial charge on any atom is 0.151 e. The van der Waals surface area contributed by atoms with E-state index in [4.69, 9.17) is 36.4 Å². The lowest BCUT2D eigenvalue weighted by molar-refractivity contribution is -0.136. The lowest BCUT2D eigenvalue weighted by Crippen LogP contribution is -2.46. The zero-order chi connectivity index (χ0) is 14.7. The Morgan fingerprint density at radius 1 is 1.11 bits per heavy atom. The zero-order valence-electron chi connectivity index (χ0n) is 10.3. The predicted molar refractivity (Wildman–Crippen MR) is 62.5 cm³/mol. The first kappa shape index (κ1) is 19.7. The molecule has 0 radical (unpaired) electrons. The third kappa shape index (κ3) is 8.48. The van der Waals surface area contributed by atoms with Crippen molar-refractivity contribution in [2.24, 2.45) is 5.73 Å². The van der Waals surface area contributed by atoms with E-state index in [1.54, 1.807) is 0 Å². The van der Waals surface area contributed by atoms with Crippen molar-refractivity contribution >= 4 is 6.29 Å². The molecule has 0 spiro atoms. The summed E-state index contributed by atoms with van der Waals surface area (Å²) in [5.41, 5.74) is 5.03. The summed E-state index contributed by atoms with van der Waals surface area (Å²) in [6.07, 6.45) is -6.37. The van der Waals surface area contributed by atoms with Crippen molar-refractivity contribution in [3.8, 4) is 0 Å². The topological polar surface area (TPSA) is 164 Å². The van der Waals surface area contributed by atoms with Crippen LogP contribution in [-0.4, -0.2) is 80.6 Å². The van der Waals surface area contributed by atoms with Gasteiger partial charge in [-0.25, -0.2) is 0 Å². The van der Waals surface area contributed by atoms with Crippen molar-refractivity contribution in [3.63, 3.8) is 0 Å². The summed E-state index contributed by atoms with van der Waals surface area (Å²) < 4.78 is 0. The summed E-state index contributed by atoms with van der Waals surface area (Å²) >= 11 is 0. The molecule has 0 aromatic rings. The van der Waals surface area contributed by atoms with Crippen LogP contribution in [0.5, 0.6) is 0 Å². The Bertz CT molecular complexity index is 201. The molecule has 0 rings (SSSR count). The molecule has 0 aliphatic carbocycles. The lowest BCUT2D eigenvalue weighted by Gasteiger charge is -2.22. The van der Waals surface area contributed by atoms with E-state index >= 15 is 0 Å². The third-order valence-corrected chi connectivity index (χ3v) is 2.16. The van der Waals surface area contributed by atoms with Crippen LogP contribution in [0.1, 0.15) is 13.3 Å². The lowest BCUT2D eigenvalue weighted by atomic mass is 10.0. The van der Waals surface area contributed by atoms with Crippen molar-refractivity contribution in [2.45, 2.75) is 43.9 Å². The fourth-order valence-electron chi connectivity index (χ4n) is 0.785. The molecule has 8 N–H and O–H groups in total. The molecule has 0 bridgehead atoms. The fraction of sp³-hybridized carbons (Fsp3) is 0.900. The van der Waals surface area contributed by atoms with Gasteiger partial charge >= 0.3 is 0 Å². The van der Waals surface area contributed by atoms with Crippen LogP contribution in [0.4, 0.5) is 0 Å². The number of hydrogen-bond acceptors (Lipinski definition) is 8. The molecule has 0 aromatic carbocycles. The molecule has 0 fully saturated rings. The Hall–Kier alpha value is -0.610. The van der Waals surface area contributed by atoms with Gasteiger partial charge < -0.3 is 41.2 Å². The highest BCUT2D eigenvalue weighted by atomic mass is 16.4. The summed E-state index contributed by atoms with van der Waals surface area (Å²) in [4.78, 5) is 9.90. The molecule has 0 amide bonds. The number of aldehydes is 1. The molecular formula is C10H23NO7. The monoisotopic (exact) mass is 269 g/mol. The molecule has 0 aromatic heterocycles. The normalized spacial score (nSPS) is 18.9. The minimum Gasteiger partial charge on any atom is -0.394 e. The summed E-state index contributed by atoms with van der Waals surface area (Å²) in [6, 6.07) is 0. The van der Waals surface area contributed by atoms with Crippen molar-refractivity contribution in [1.82, 2.24) is 0 Å². The average Bonchev–Trinajstić information content (AvgIpc) is 2.43. The fourth-order valence-corrected chi connectivity index (χ4v) is 0.785. The minimum atomic E-state index is -1.79. The van der Waals surface area contributed by atoms with Crippen LogP contribution in [0.3, 0.4) is 0 Å². The number of aliphatic hydroxyl groups excluding tert-OH is 6. The molecule has 0 aliphatic rings. The van der Waals surface area contributed by atoms with Gasteiger partial charge in [0.2, 0.25) is 0 Å². The zero-order valence-corrected chi connectivity index (χ0v) is 10.3. The van der Waals surface area contributed by atoms with Gasteiger partial charge in [0, 0.05) is 6.54 Å². The number of nitrogens with two attached hydrogens (primary N) is 1. The van der Waals surface area contributed by atoms with Crippen LogP contribution < -0.4 is 5.73 Å². The van der Waals surface area contributed by atoms with E-state index < -0.39 is 31.0 Å². The van der Waals surface area contributed by atoms with Crippen LogP contribution in [0.2, 0.25) is 0 Å². The molecule has 0 saturated carbocycles. The van der Waals surface area contributed by atoms with Crippen LogP contribution >= 0.6 is 0 Å². The first-order valence-corrected chi connectivity index (χ1v) is 5.52. The van der Waals surface area contributed by atoms with Gasteiger partial charge in [0.05, 0.1) is 12.7 Å². The van der Waals surface area contributed by atoms with Gasteiger partial charge in [-0.05, 0) is 6.42 Å². The first-order valence-electron chi connectivity index (χ1n) is 5.52. The third-order valence-electron chi connectivity index (χ3n) is 2.16. The standard InChI is InChI=1S/C6H12O6.C4H11NO/c7-1-3(9)5(11)6(12)4(10)2-8;1-2-4(6)3-5/h1,3-6,8-12H,2H2;4,6H,2-3,5H2,1H3. The molecule has 0 heterocycles. The highest BCUT2D eigenvalue weighted by molar-refractivity contribution is 5.56. The Morgan fingerprint density at radius 2 is 1.61 bits per heavy atom. The summed E-state index contributed by atoms with van der Waals surface area (Å²) in [6.45, 7) is 1.53. The number of rotatable bonds is 7. The Kier molecular flexibility index (Phi) is 12.6. The van der Waals surface area contributed by atoms with E-state index in [9.17, 15) is 4.79 Å². The van der Waals surface area contributed by atoms with Crippen molar-refractivity contribution in [3.05, 3.63) is 0 Å². The molecule has 8 nitrogen and oxygen atoms in total. The molecule has 5 atom stereocenters. The van der Waals surface area contributed by atoms with Gasteiger partial charge in [-0.1, -0.05) is 6.92 Å². The molecule has 0 aliphatic heterocycles. The Balaban J connectivity index is 0. The Labute approximate surface area is 105 Å². The van der Waals surface area contributed by atoms with Crippen molar-refractivity contribution < 1.29 is 35.4 Å². The summed E-state index contributed by atoms with van der Waals surface area (Å²) in [7, 11) is 0. The van der Waals surface area contributed by atoms with E-state index in [0.717, 1.165) is 6.42 Å². The Morgan fingerprint density at radius 3 is 1.83 bits per heavy atom. The number of carbonyl (C=O) groups is 1. The summed E-state index contributed by atoms with van der Waals surface area (Å²) in [5, 5.41) is 52.1. The van der Waals surface area contributed by atoms with E-state index in [2.05, 4.69) is 0 Å². The second-order valence-corrected chi connectivity index (χ2v) is 3.66. The number of carbonyl (C=O) groups excluding carboxylic acids is 1. The van der Waals surface area contributed by atoms with E-state index in [0.29, 0.717) is 6.54 Å². The van der Waals surface area contributed by atoms with Gasteiger partial charge in [0.1, 0.15) is 24.4 Å². The summed E-state index contributed by atoms with van der Waals surface area (Å²) in [5.74, 6) is 0. The van der Waals surface area contributed by atoms with Gasteiger partial charge in [-0.15, -0.1) is 0 Å². The van der Waals surface area contributed by atoms with Crippen molar-refractivity contribution in [1.29, 1.82) is 0 Å². The smallest absolute Gasteiger partial charge is 0.151 e. The van der Waals surface area contributed by atoms with Gasteiger partial charge in [0.25, 0.3) is 0 Å². The molecule has 5 unspecified atom stereocenters. The SMILES string of the molecule is CCC(O)CN.O=CC(O)C(O)C(O)C(O)CO. The van der Waals surface area contributed by atoms with E-state index in [1.807, 2.05) is 6.92 Å². The molecule has 110 valence electrons. The van der Waals surface area contributed by atoms with Gasteiger partial charge in [-0.2, -0.15) is 0 Å². The quantitative estimate of drug-likeness (QED) is 0.232. The molecule has 8 heteroatoms. The number of hydrogen-bond donors (Lipinski definition) is 7. The highest BCUT2D eigenvalue weighted by Crippen LogP contribution is 2.02. The van der Waals surface area contributed by atoms with Crippen LogP contribution in [0.25, 0.3) is 0 Å². The van der Waals surface area contributed by atoms with E-state index in [-0.39, 0.29) is 12.4 Å². The highest BCUT2D eigenvalue weighted by Gasteiger charge is 2.29. The first-order chi connectivity index (χ1) is 8.35. The van der Waals surface area contributed by atoms with Gasteiger partial charge in [-0.3, -0.25) is 0 Å². The van der Waals surface area contributed by atoms with Crippen LogP contribution in [-0.2, 0) is 4.79 Å². The van der Waals surface area contributed by atoms with Gasteiger partial charge in [0.15, 0.2) is 6.29 Å². The molecular weight excluding hydrogens is 246 g/mol. The second-order valence-electron chi connectivity index (χ2n) is 3.66. The van der Waals surface area contributed by atoms with Crippen LogP contribution in [0, 0.1) is 0 Å². The van der Waals surface area contributed by atoms with Crippen molar-refractivity contribution in [2.75, 3.05) is 13.2 Å².